The molecule has 1 amide bonds. The molecule has 0 atom stereocenters. The Labute approximate surface area is 200 Å². The first-order chi connectivity index (χ1) is 16.0. The average Bonchev–Trinajstić information content (AvgIpc) is 3.19. The lowest BCUT2D eigenvalue weighted by atomic mass is 9.90. The molecule has 3 aromatic rings. The van der Waals surface area contributed by atoms with Crippen LogP contribution in [-0.4, -0.2) is 45.3 Å². The molecule has 0 bridgehead atoms. The maximum absolute atomic E-state index is 13.0. The van der Waals surface area contributed by atoms with Gasteiger partial charge in [-0.25, -0.2) is 0 Å². The van der Waals surface area contributed by atoms with Crippen LogP contribution < -0.4 is 4.74 Å². The van der Waals surface area contributed by atoms with Gasteiger partial charge in [0.2, 0.25) is 5.91 Å². The molecule has 4 rings (SSSR count). The van der Waals surface area contributed by atoms with E-state index in [0.717, 1.165) is 50.1 Å². The van der Waals surface area contributed by atoms with Crippen molar-refractivity contribution >= 4 is 18.1 Å². The summed E-state index contributed by atoms with van der Waals surface area (Å²) in [5.74, 6) is 2.39. The third-order valence-corrected chi connectivity index (χ3v) is 6.72. The van der Waals surface area contributed by atoms with Crippen molar-refractivity contribution < 1.29 is 9.53 Å². The van der Waals surface area contributed by atoms with Crippen molar-refractivity contribution in [1.82, 2.24) is 19.7 Å². The number of benzene rings is 2. The highest BCUT2D eigenvalue weighted by Gasteiger charge is 2.24. The Morgan fingerprint density at radius 2 is 1.82 bits per heavy atom. The zero-order valence-corrected chi connectivity index (χ0v) is 20.2. The lowest BCUT2D eigenvalue weighted by Gasteiger charge is -2.32. The van der Waals surface area contributed by atoms with E-state index in [2.05, 4.69) is 22.3 Å². The summed E-state index contributed by atoms with van der Waals surface area (Å²) in [7, 11) is 0. The van der Waals surface area contributed by atoms with Crippen LogP contribution >= 0.6 is 12.2 Å². The van der Waals surface area contributed by atoms with Gasteiger partial charge in [-0.2, -0.15) is 5.10 Å². The van der Waals surface area contributed by atoms with Gasteiger partial charge in [-0.1, -0.05) is 42.0 Å². The number of amides is 1. The first kappa shape index (κ1) is 23.2. The van der Waals surface area contributed by atoms with E-state index < -0.39 is 0 Å². The molecular formula is C26H32N4O2S. The first-order valence-electron chi connectivity index (χ1n) is 11.7. The van der Waals surface area contributed by atoms with Gasteiger partial charge >= 0.3 is 0 Å². The Kier molecular flexibility index (Phi) is 7.60. The molecule has 1 fully saturated rings. The van der Waals surface area contributed by atoms with Crippen LogP contribution in [0, 0.1) is 17.6 Å². The van der Waals surface area contributed by atoms with Gasteiger partial charge in [-0.15, -0.1) is 0 Å². The lowest BCUT2D eigenvalue weighted by molar-refractivity contribution is -0.133. The summed E-state index contributed by atoms with van der Waals surface area (Å²) in [4.78, 5) is 15.0. The quantitative estimate of drug-likeness (QED) is 0.466. The molecule has 0 radical (unpaired) electrons. The predicted octanol–water partition coefficient (Wildman–Crippen LogP) is 5.19. The number of aryl methyl sites for hydroxylation is 2. The fourth-order valence-electron chi connectivity index (χ4n) is 4.38. The van der Waals surface area contributed by atoms with Crippen LogP contribution in [0.4, 0.5) is 0 Å². The summed E-state index contributed by atoms with van der Waals surface area (Å²) in [5.41, 5.74) is 3.48. The highest BCUT2D eigenvalue weighted by atomic mass is 32.1. The Bertz CT molecular complexity index is 1110. The van der Waals surface area contributed by atoms with E-state index in [-0.39, 0.29) is 12.5 Å². The number of rotatable bonds is 8. The van der Waals surface area contributed by atoms with E-state index in [1.807, 2.05) is 55.1 Å². The average molecular weight is 465 g/mol. The number of nitrogens with one attached hydrogen (secondary N) is 1. The van der Waals surface area contributed by atoms with Crippen molar-refractivity contribution in [2.24, 2.45) is 5.92 Å². The van der Waals surface area contributed by atoms with Crippen LogP contribution in [0.1, 0.15) is 37.3 Å². The van der Waals surface area contributed by atoms with E-state index in [1.54, 1.807) is 4.57 Å². The molecule has 0 spiro atoms. The van der Waals surface area contributed by atoms with Gasteiger partial charge < -0.3 is 9.64 Å². The van der Waals surface area contributed by atoms with Gasteiger partial charge in [-0.3, -0.25) is 14.5 Å². The van der Waals surface area contributed by atoms with Crippen LogP contribution in [0.5, 0.6) is 5.75 Å². The third-order valence-electron chi connectivity index (χ3n) is 6.40. The number of H-pyrrole nitrogens is 1. The highest BCUT2D eigenvalue weighted by Crippen LogP contribution is 2.24. The molecule has 33 heavy (non-hydrogen) atoms. The molecule has 2 heterocycles. The summed E-state index contributed by atoms with van der Waals surface area (Å²) >= 11 is 5.41. The van der Waals surface area contributed by atoms with E-state index in [1.165, 1.54) is 11.1 Å². The monoisotopic (exact) mass is 464 g/mol. The summed E-state index contributed by atoms with van der Waals surface area (Å²) in [5, 5.41) is 7.21. The molecule has 0 unspecified atom stereocenters. The number of carbonyl (C=O) groups excluding carboxylic acids is 1. The molecular weight excluding hydrogens is 432 g/mol. The normalized spacial score (nSPS) is 14.4. The minimum absolute atomic E-state index is 0.103. The fourth-order valence-corrected chi connectivity index (χ4v) is 4.58. The fraction of sp³-hybridized carbons (Fsp3) is 0.423. The van der Waals surface area contributed by atoms with Crippen LogP contribution in [0.15, 0.2) is 48.5 Å². The molecule has 6 nitrogen and oxygen atoms in total. The number of aromatic amines is 1. The van der Waals surface area contributed by atoms with E-state index in [4.69, 9.17) is 17.0 Å². The van der Waals surface area contributed by atoms with Crippen molar-refractivity contribution in [2.45, 2.75) is 46.1 Å². The maximum Gasteiger partial charge on any atom is 0.242 e. The lowest BCUT2D eigenvalue weighted by Crippen LogP contribution is -2.40. The van der Waals surface area contributed by atoms with Crippen molar-refractivity contribution in [2.75, 3.05) is 19.7 Å². The van der Waals surface area contributed by atoms with Gasteiger partial charge in [0.15, 0.2) is 10.6 Å². The summed E-state index contributed by atoms with van der Waals surface area (Å²) in [6.45, 7) is 6.56. The number of nitrogens with zero attached hydrogens (tertiary/aromatic N) is 3. The Morgan fingerprint density at radius 3 is 2.48 bits per heavy atom. The largest absolute Gasteiger partial charge is 0.494 e. The van der Waals surface area contributed by atoms with Crippen LogP contribution in [0.25, 0.3) is 11.4 Å². The minimum Gasteiger partial charge on any atom is -0.494 e. The molecule has 1 aromatic heterocycles. The van der Waals surface area contributed by atoms with Crippen molar-refractivity contribution in [3.8, 4) is 17.1 Å². The molecule has 1 saturated heterocycles. The molecule has 1 aliphatic heterocycles. The molecule has 1 aliphatic rings. The summed E-state index contributed by atoms with van der Waals surface area (Å²) < 4.78 is 7.80. The van der Waals surface area contributed by atoms with Crippen LogP contribution in [0.2, 0.25) is 0 Å². The zero-order chi connectivity index (χ0) is 23.2. The van der Waals surface area contributed by atoms with E-state index in [0.29, 0.717) is 23.1 Å². The SMILES string of the molecule is CCOc1ccc(CCC2CCN(C(=O)Cn3c(-c4ccc(C)cc4)n[nH]c3=S)CC2)cc1. The Balaban J connectivity index is 1.29. The molecule has 7 heteroatoms. The maximum atomic E-state index is 13.0. The number of ether oxygens (including phenoxy) is 1. The van der Waals surface area contributed by atoms with Crippen molar-refractivity contribution in [3.05, 3.63) is 64.4 Å². The van der Waals surface area contributed by atoms with Crippen LogP contribution in [-0.2, 0) is 17.8 Å². The molecule has 0 aliphatic carbocycles. The van der Waals surface area contributed by atoms with E-state index >= 15 is 0 Å². The van der Waals surface area contributed by atoms with Gasteiger partial charge in [0.1, 0.15) is 12.3 Å². The van der Waals surface area contributed by atoms with Gasteiger partial charge in [0.05, 0.1) is 6.61 Å². The number of hydrogen-bond donors (Lipinski definition) is 1. The van der Waals surface area contributed by atoms with Crippen molar-refractivity contribution in [3.63, 3.8) is 0 Å². The van der Waals surface area contributed by atoms with Gasteiger partial charge in [0.25, 0.3) is 0 Å². The number of hydrogen-bond acceptors (Lipinski definition) is 4. The minimum atomic E-state index is 0.103. The Hall–Kier alpha value is -2.93. The van der Waals surface area contributed by atoms with Gasteiger partial charge in [-0.05, 0) is 75.4 Å². The predicted molar refractivity (Wildman–Crippen MR) is 133 cm³/mol. The molecule has 1 N–H and O–H groups in total. The number of aromatic nitrogens is 3. The highest BCUT2D eigenvalue weighted by molar-refractivity contribution is 7.71. The van der Waals surface area contributed by atoms with Crippen LogP contribution in [0.3, 0.4) is 0 Å². The zero-order valence-electron chi connectivity index (χ0n) is 19.4. The second kappa shape index (κ2) is 10.8. The smallest absolute Gasteiger partial charge is 0.242 e. The summed E-state index contributed by atoms with van der Waals surface area (Å²) in [6, 6.07) is 16.5. The molecule has 0 saturated carbocycles. The number of carbonyl (C=O) groups is 1. The number of likely N-dealkylation sites (tertiary alicyclic amines) is 1. The standard InChI is InChI=1S/C26H32N4O2S/c1-3-32-23-12-8-20(9-13-23)6-7-21-14-16-29(17-15-21)24(31)18-30-25(27-28-26(30)33)22-10-4-19(2)5-11-22/h4-5,8-13,21H,3,6-7,14-18H2,1-2H3,(H,28,33). The topological polar surface area (TPSA) is 63.1 Å². The van der Waals surface area contributed by atoms with Crippen molar-refractivity contribution in [1.29, 1.82) is 0 Å². The third kappa shape index (κ3) is 5.90. The molecule has 174 valence electrons. The first-order valence-corrected chi connectivity index (χ1v) is 12.2. The molecule has 2 aromatic carbocycles. The number of piperidine rings is 1. The Morgan fingerprint density at radius 1 is 1.12 bits per heavy atom. The van der Waals surface area contributed by atoms with Gasteiger partial charge in [0, 0.05) is 18.7 Å². The van der Waals surface area contributed by atoms with E-state index in [9.17, 15) is 4.79 Å². The summed E-state index contributed by atoms with van der Waals surface area (Å²) in [6.07, 6.45) is 4.31. The second-order valence-corrected chi connectivity index (χ2v) is 9.13. The second-order valence-electron chi connectivity index (χ2n) is 8.74.